The Morgan fingerprint density at radius 3 is 3.12 bits per heavy atom. The maximum atomic E-state index is 6.17. The standard InChI is InChI=1S/C13H23N3S/c1-10(12-16-6-7-17-12)8-15-9-13(2)5-3-4-11(13)14/h6-7,10-11,15H,3-5,8-9,14H2,1-2H3. The van der Waals surface area contributed by atoms with E-state index in [1.807, 2.05) is 11.6 Å². The van der Waals surface area contributed by atoms with Crippen LogP contribution in [0, 0.1) is 5.41 Å². The molecule has 0 radical (unpaired) electrons. The monoisotopic (exact) mass is 253 g/mol. The summed E-state index contributed by atoms with van der Waals surface area (Å²) in [5, 5.41) is 6.84. The molecule has 2 rings (SSSR count). The van der Waals surface area contributed by atoms with Gasteiger partial charge in [-0.2, -0.15) is 0 Å². The normalized spacial score (nSPS) is 30.6. The van der Waals surface area contributed by atoms with Crippen molar-refractivity contribution in [3.8, 4) is 0 Å². The van der Waals surface area contributed by atoms with Crippen LogP contribution in [0.2, 0.25) is 0 Å². The van der Waals surface area contributed by atoms with Crippen LogP contribution < -0.4 is 11.1 Å². The summed E-state index contributed by atoms with van der Waals surface area (Å²) in [5.74, 6) is 0.497. The van der Waals surface area contributed by atoms with E-state index in [9.17, 15) is 0 Å². The zero-order valence-corrected chi connectivity index (χ0v) is 11.6. The molecule has 96 valence electrons. The minimum Gasteiger partial charge on any atom is -0.327 e. The first-order chi connectivity index (χ1) is 8.12. The Balaban J connectivity index is 1.76. The van der Waals surface area contributed by atoms with Gasteiger partial charge in [0.15, 0.2) is 0 Å². The van der Waals surface area contributed by atoms with E-state index in [0.29, 0.717) is 17.4 Å². The average Bonchev–Trinajstić information content (AvgIpc) is 2.90. The van der Waals surface area contributed by atoms with Gasteiger partial charge in [-0.15, -0.1) is 11.3 Å². The Kier molecular flexibility index (Phi) is 4.17. The molecule has 1 aliphatic carbocycles. The molecule has 0 spiro atoms. The predicted molar refractivity (Wildman–Crippen MR) is 73.3 cm³/mol. The molecule has 1 fully saturated rings. The minimum absolute atomic E-state index is 0.294. The van der Waals surface area contributed by atoms with Gasteiger partial charge in [0.1, 0.15) is 0 Å². The molecule has 3 unspecified atom stereocenters. The predicted octanol–water partition coefficient (Wildman–Crippen LogP) is 2.35. The molecule has 1 heterocycles. The number of nitrogens with one attached hydrogen (secondary N) is 1. The molecular formula is C13H23N3S. The van der Waals surface area contributed by atoms with E-state index in [2.05, 4.69) is 24.1 Å². The Bertz CT molecular complexity index is 338. The number of hydrogen-bond donors (Lipinski definition) is 2. The number of nitrogens with two attached hydrogens (primary N) is 1. The number of aromatic nitrogens is 1. The van der Waals surface area contributed by atoms with Gasteiger partial charge in [-0.05, 0) is 18.3 Å². The largest absolute Gasteiger partial charge is 0.327 e. The van der Waals surface area contributed by atoms with Gasteiger partial charge in [0.2, 0.25) is 0 Å². The fourth-order valence-electron chi connectivity index (χ4n) is 2.62. The fourth-order valence-corrected chi connectivity index (χ4v) is 3.32. The zero-order valence-electron chi connectivity index (χ0n) is 10.8. The van der Waals surface area contributed by atoms with E-state index in [1.54, 1.807) is 11.3 Å². The first-order valence-corrected chi connectivity index (χ1v) is 7.35. The molecule has 0 saturated heterocycles. The minimum atomic E-state index is 0.294. The van der Waals surface area contributed by atoms with E-state index in [4.69, 9.17) is 5.73 Å². The Labute approximate surface area is 108 Å². The Morgan fingerprint density at radius 1 is 1.71 bits per heavy atom. The van der Waals surface area contributed by atoms with Gasteiger partial charge in [0.05, 0.1) is 5.01 Å². The summed E-state index contributed by atoms with van der Waals surface area (Å²) in [6.07, 6.45) is 5.60. The summed E-state index contributed by atoms with van der Waals surface area (Å²) < 4.78 is 0. The van der Waals surface area contributed by atoms with Crippen molar-refractivity contribution in [2.24, 2.45) is 11.1 Å². The molecule has 3 nitrogen and oxygen atoms in total. The summed E-state index contributed by atoms with van der Waals surface area (Å²) in [5.41, 5.74) is 6.47. The van der Waals surface area contributed by atoms with Crippen LogP contribution in [0.15, 0.2) is 11.6 Å². The van der Waals surface area contributed by atoms with E-state index in [0.717, 1.165) is 13.1 Å². The van der Waals surface area contributed by atoms with Crippen molar-refractivity contribution < 1.29 is 0 Å². The third kappa shape index (κ3) is 3.06. The van der Waals surface area contributed by atoms with Crippen molar-refractivity contribution in [1.82, 2.24) is 10.3 Å². The van der Waals surface area contributed by atoms with Crippen molar-refractivity contribution in [3.05, 3.63) is 16.6 Å². The molecule has 1 aromatic heterocycles. The molecule has 17 heavy (non-hydrogen) atoms. The lowest BCUT2D eigenvalue weighted by Gasteiger charge is -2.29. The van der Waals surface area contributed by atoms with Crippen LogP contribution >= 0.6 is 11.3 Å². The van der Waals surface area contributed by atoms with Crippen molar-refractivity contribution in [1.29, 1.82) is 0 Å². The maximum absolute atomic E-state index is 6.17. The number of thiazole rings is 1. The molecule has 0 amide bonds. The van der Waals surface area contributed by atoms with Crippen LogP contribution in [0.4, 0.5) is 0 Å². The van der Waals surface area contributed by atoms with Gasteiger partial charge in [-0.25, -0.2) is 4.98 Å². The van der Waals surface area contributed by atoms with E-state index >= 15 is 0 Å². The average molecular weight is 253 g/mol. The zero-order chi connectivity index (χ0) is 12.3. The van der Waals surface area contributed by atoms with Gasteiger partial charge in [-0.3, -0.25) is 0 Å². The summed E-state index contributed by atoms with van der Waals surface area (Å²) in [4.78, 5) is 4.35. The van der Waals surface area contributed by atoms with Gasteiger partial charge in [0, 0.05) is 36.6 Å². The lowest BCUT2D eigenvalue weighted by Crippen LogP contribution is -2.43. The second kappa shape index (κ2) is 5.46. The molecule has 1 aromatic rings. The number of hydrogen-bond acceptors (Lipinski definition) is 4. The van der Waals surface area contributed by atoms with Crippen LogP contribution in [0.5, 0.6) is 0 Å². The SMILES string of the molecule is CC(CNCC1(C)CCCC1N)c1nccs1. The quantitative estimate of drug-likeness (QED) is 0.847. The molecule has 0 aliphatic heterocycles. The van der Waals surface area contributed by atoms with Gasteiger partial charge in [-0.1, -0.05) is 20.3 Å². The summed E-state index contributed by atoms with van der Waals surface area (Å²) in [7, 11) is 0. The molecule has 4 heteroatoms. The highest BCUT2D eigenvalue weighted by atomic mass is 32.1. The van der Waals surface area contributed by atoms with E-state index < -0.39 is 0 Å². The third-order valence-electron chi connectivity index (χ3n) is 4.01. The highest BCUT2D eigenvalue weighted by molar-refractivity contribution is 7.09. The van der Waals surface area contributed by atoms with E-state index in [-0.39, 0.29) is 0 Å². The van der Waals surface area contributed by atoms with Gasteiger partial charge < -0.3 is 11.1 Å². The van der Waals surface area contributed by atoms with Crippen LogP contribution in [-0.2, 0) is 0 Å². The van der Waals surface area contributed by atoms with Crippen LogP contribution in [0.1, 0.15) is 44.0 Å². The molecule has 0 aromatic carbocycles. The second-order valence-electron chi connectivity index (χ2n) is 5.56. The molecule has 3 N–H and O–H groups in total. The summed E-state index contributed by atoms with van der Waals surface area (Å²) >= 11 is 1.74. The van der Waals surface area contributed by atoms with Gasteiger partial charge in [0.25, 0.3) is 0 Å². The second-order valence-corrected chi connectivity index (χ2v) is 6.48. The third-order valence-corrected chi connectivity index (χ3v) is 5.02. The van der Waals surface area contributed by atoms with E-state index in [1.165, 1.54) is 24.3 Å². The Hall–Kier alpha value is -0.450. The van der Waals surface area contributed by atoms with Gasteiger partial charge >= 0.3 is 0 Å². The van der Waals surface area contributed by atoms with Crippen molar-refractivity contribution in [2.45, 2.75) is 45.1 Å². The molecule has 3 atom stereocenters. The molecular weight excluding hydrogens is 230 g/mol. The summed E-state index contributed by atoms with van der Waals surface area (Å²) in [6, 6.07) is 0.366. The maximum Gasteiger partial charge on any atom is 0.0965 e. The lowest BCUT2D eigenvalue weighted by atomic mass is 9.85. The Morgan fingerprint density at radius 2 is 2.53 bits per heavy atom. The highest BCUT2D eigenvalue weighted by Crippen LogP contribution is 2.35. The topological polar surface area (TPSA) is 50.9 Å². The molecule has 0 bridgehead atoms. The molecule has 1 aliphatic rings. The van der Waals surface area contributed by atoms with Crippen molar-refractivity contribution >= 4 is 11.3 Å². The van der Waals surface area contributed by atoms with Crippen LogP contribution in [0.25, 0.3) is 0 Å². The van der Waals surface area contributed by atoms with Crippen LogP contribution in [-0.4, -0.2) is 24.1 Å². The van der Waals surface area contributed by atoms with Crippen molar-refractivity contribution in [3.63, 3.8) is 0 Å². The highest BCUT2D eigenvalue weighted by Gasteiger charge is 2.35. The first-order valence-electron chi connectivity index (χ1n) is 6.47. The lowest BCUT2D eigenvalue weighted by molar-refractivity contribution is 0.276. The molecule has 1 saturated carbocycles. The fraction of sp³-hybridized carbons (Fsp3) is 0.769. The smallest absolute Gasteiger partial charge is 0.0965 e. The number of rotatable bonds is 5. The van der Waals surface area contributed by atoms with Crippen molar-refractivity contribution in [2.75, 3.05) is 13.1 Å². The number of nitrogens with zero attached hydrogens (tertiary/aromatic N) is 1. The first kappa shape index (κ1) is 13.0. The summed E-state index contributed by atoms with van der Waals surface area (Å²) in [6.45, 7) is 6.56. The van der Waals surface area contributed by atoms with Crippen LogP contribution in [0.3, 0.4) is 0 Å².